The molecule has 1 saturated carbocycles. The van der Waals surface area contributed by atoms with Crippen LogP contribution in [-0.2, 0) is 10.4 Å². The van der Waals surface area contributed by atoms with Crippen LogP contribution in [-0.4, -0.2) is 22.0 Å². The van der Waals surface area contributed by atoms with Crippen molar-refractivity contribution >= 4 is 33.3 Å². The molecule has 2 N–H and O–H groups in total. The zero-order valence-corrected chi connectivity index (χ0v) is 26.8. The molecule has 5 heteroatoms. The van der Waals surface area contributed by atoms with E-state index in [4.69, 9.17) is 0 Å². The van der Waals surface area contributed by atoms with Gasteiger partial charge in [0.1, 0.15) is 5.60 Å². The SMILES string of the molecule is Cc1ccc([C@@H]2[C@@H](C(=O)c3cccc4ccccc34)[C@@](O)(c3cccc4ccccc34)C[C@@H](c3ccc(C)cc3)[C@@]2(C#N)C(=O)O)cc1. The topological polar surface area (TPSA) is 98.4 Å². The van der Waals surface area contributed by atoms with E-state index < -0.39 is 40.5 Å². The minimum absolute atomic E-state index is 0.159. The lowest BCUT2D eigenvalue weighted by atomic mass is 9.47. The first-order valence-electron chi connectivity index (χ1n) is 16.2. The van der Waals surface area contributed by atoms with Gasteiger partial charge in [0.15, 0.2) is 11.2 Å². The largest absolute Gasteiger partial charge is 0.480 e. The number of hydrogen-bond donors (Lipinski definition) is 2. The van der Waals surface area contributed by atoms with Gasteiger partial charge in [0.2, 0.25) is 0 Å². The first-order chi connectivity index (χ1) is 23.2. The monoisotopic (exact) mass is 629 g/mol. The number of fused-ring (bicyclic) bond motifs is 2. The van der Waals surface area contributed by atoms with Gasteiger partial charge in [-0.15, -0.1) is 0 Å². The predicted octanol–water partition coefficient (Wildman–Crippen LogP) is 8.86. The number of aliphatic hydroxyl groups is 1. The Bertz CT molecular complexity index is 2220. The average Bonchev–Trinajstić information content (AvgIpc) is 3.11. The molecule has 1 aliphatic carbocycles. The Morgan fingerprint density at radius 1 is 0.688 bits per heavy atom. The molecule has 5 atom stereocenters. The minimum Gasteiger partial charge on any atom is -0.480 e. The van der Waals surface area contributed by atoms with Crippen molar-refractivity contribution in [2.75, 3.05) is 0 Å². The van der Waals surface area contributed by atoms with Gasteiger partial charge >= 0.3 is 5.97 Å². The quantitative estimate of drug-likeness (QED) is 0.179. The molecule has 0 spiro atoms. The number of nitrogens with zero attached hydrogens (tertiary/aromatic N) is 1. The van der Waals surface area contributed by atoms with E-state index in [0.29, 0.717) is 27.6 Å². The number of benzene rings is 6. The Morgan fingerprint density at radius 3 is 1.81 bits per heavy atom. The van der Waals surface area contributed by atoms with E-state index in [1.807, 2.05) is 123 Å². The van der Waals surface area contributed by atoms with E-state index in [-0.39, 0.29) is 6.42 Å². The highest BCUT2D eigenvalue weighted by Crippen LogP contribution is 2.64. The van der Waals surface area contributed by atoms with E-state index in [1.54, 1.807) is 24.3 Å². The number of aryl methyl sites for hydroxylation is 2. The van der Waals surface area contributed by atoms with Crippen molar-refractivity contribution in [3.05, 3.63) is 167 Å². The Kier molecular flexibility index (Phi) is 7.70. The molecule has 0 aromatic heterocycles. The van der Waals surface area contributed by atoms with Crippen molar-refractivity contribution in [2.24, 2.45) is 11.3 Å². The maximum Gasteiger partial charge on any atom is 0.325 e. The normalized spacial score (nSPS) is 23.8. The summed E-state index contributed by atoms with van der Waals surface area (Å²) in [6.07, 6.45) is -0.159. The van der Waals surface area contributed by atoms with Gasteiger partial charge in [-0.25, -0.2) is 0 Å². The molecule has 0 saturated heterocycles. The summed E-state index contributed by atoms with van der Waals surface area (Å²) in [5, 5.41) is 39.3. The van der Waals surface area contributed by atoms with Crippen LogP contribution in [0.5, 0.6) is 0 Å². The third-order valence-corrected chi connectivity index (χ3v) is 10.5. The van der Waals surface area contributed by atoms with Crippen molar-refractivity contribution < 1.29 is 19.8 Å². The second-order valence-electron chi connectivity index (χ2n) is 13.2. The smallest absolute Gasteiger partial charge is 0.325 e. The molecule has 5 nitrogen and oxygen atoms in total. The summed E-state index contributed by atoms with van der Waals surface area (Å²) in [4.78, 5) is 29.3. The molecular formula is C43H35NO4. The molecule has 7 rings (SSSR count). The first kappa shape index (κ1) is 31.1. The molecule has 6 aromatic rings. The Labute approximate surface area is 279 Å². The van der Waals surface area contributed by atoms with Crippen LogP contribution in [0.1, 0.15) is 56.4 Å². The van der Waals surface area contributed by atoms with Crippen LogP contribution < -0.4 is 0 Å². The van der Waals surface area contributed by atoms with Gasteiger partial charge in [-0.2, -0.15) is 5.26 Å². The highest BCUT2D eigenvalue weighted by molar-refractivity contribution is 6.10. The molecule has 0 amide bonds. The second kappa shape index (κ2) is 11.9. The zero-order valence-electron chi connectivity index (χ0n) is 26.8. The van der Waals surface area contributed by atoms with Crippen molar-refractivity contribution in [3.63, 3.8) is 0 Å². The number of rotatable bonds is 6. The number of hydrogen-bond acceptors (Lipinski definition) is 4. The van der Waals surface area contributed by atoms with Crippen molar-refractivity contribution in [2.45, 2.75) is 37.7 Å². The summed E-state index contributed by atoms with van der Waals surface area (Å²) in [5.41, 5.74) is -0.0120. The molecule has 6 aromatic carbocycles. The first-order valence-corrected chi connectivity index (χ1v) is 16.2. The fraction of sp³-hybridized carbons (Fsp3) is 0.186. The standard InChI is InChI=1S/C43H35NO4/c1-27-17-21-31(22-18-27)37-25-43(48,36-16-8-12-30-10-4-6-14-34(30)36)39(40(45)35-15-7-11-29-9-3-5-13-33(29)35)38(42(37,26-44)41(46)47)32-23-19-28(2)20-24-32/h3-24,37-39,48H,25H2,1-2H3,(H,46,47)/t37-,38+,39-,42+,43-/m0/s1. The highest BCUT2D eigenvalue weighted by Gasteiger charge is 2.67. The van der Waals surface area contributed by atoms with Crippen LogP contribution in [0.3, 0.4) is 0 Å². The third-order valence-electron chi connectivity index (χ3n) is 10.5. The van der Waals surface area contributed by atoms with E-state index in [1.165, 1.54) is 0 Å². The number of Topliss-reactive ketones (excluding diaryl/α,β-unsaturated/α-hetero) is 1. The van der Waals surface area contributed by atoms with Crippen molar-refractivity contribution in [1.29, 1.82) is 5.26 Å². The van der Waals surface area contributed by atoms with Gasteiger partial charge in [-0.05, 0) is 58.5 Å². The lowest BCUT2D eigenvalue weighted by Crippen LogP contribution is -2.58. The Morgan fingerprint density at radius 2 is 1.21 bits per heavy atom. The summed E-state index contributed by atoms with van der Waals surface area (Å²) in [6, 6.07) is 43.5. The number of aliphatic carboxylic acids is 1. The van der Waals surface area contributed by atoms with Crippen LogP contribution in [0.4, 0.5) is 0 Å². The molecule has 0 heterocycles. The van der Waals surface area contributed by atoms with Gasteiger partial charge in [0, 0.05) is 17.4 Å². The van der Waals surface area contributed by atoms with Crippen LogP contribution in [0.2, 0.25) is 0 Å². The maximum absolute atomic E-state index is 15.4. The van der Waals surface area contributed by atoms with Gasteiger partial charge in [-0.3, -0.25) is 9.59 Å². The summed E-state index contributed by atoms with van der Waals surface area (Å²) in [7, 11) is 0. The minimum atomic E-state index is -2.10. The number of carboxylic acid groups (broad SMARTS) is 1. The fourth-order valence-electron chi connectivity index (χ4n) is 8.10. The van der Waals surface area contributed by atoms with E-state index >= 15 is 4.79 Å². The lowest BCUT2D eigenvalue weighted by Gasteiger charge is -2.54. The number of carbonyl (C=O) groups is 2. The average molecular weight is 630 g/mol. The molecule has 0 aliphatic heterocycles. The predicted molar refractivity (Wildman–Crippen MR) is 188 cm³/mol. The zero-order chi connectivity index (χ0) is 33.6. The summed E-state index contributed by atoms with van der Waals surface area (Å²) < 4.78 is 0. The van der Waals surface area contributed by atoms with Crippen molar-refractivity contribution in [1.82, 2.24) is 0 Å². The highest BCUT2D eigenvalue weighted by atomic mass is 16.4. The molecule has 48 heavy (non-hydrogen) atoms. The summed E-state index contributed by atoms with van der Waals surface area (Å²) in [6.45, 7) is 3.87. The second-order valence-corrected chi connectivity index (χ2v) is 13.2. The maximum atomic E-state index is 15.4. The number of carbonyl (C=O) groups excluding carboxylic acids is 1. The molecule has 0 radical (unpaired) electrons. The van der Waals surface area contributed by atoms with Crippen LogP contribution in [0.25, 0.3) is 21.5 Å². The molecule has 1 fully saturated rings. The third kappa shape index (κ3) is 4.80. The molecule has 236 valence electrons. The summed E-state index contributed by atoms with van der Waals surface area (Å²) >= 11 is 0. The fourth-order valence-corrected chi connectivity index (χ4v) is 8.10. The molecule has 1 aliphatic rings. The molecular weight excluding hydrogens is 594 g/mol. The van der Waals surface area contributed by atoms with Crippen LogP contribution in [0, 0.1) is 36.5 Å². The van der Waals surface area contributed by atoms with Crippen LogP contribution >= 0.6 is 0 Å². The number of carboxylic acids is 1. The van der Waals surface area contributed by atoms with Crippen LogP contribution in [0.15, 0.2) is 133 Å². The van der Waals surface area contributed by atoms with Gasteiger partial charge in [0.25, 0.3) is 0 Å². The van der Waals surface area contributed by atoms with Gasteiger partial charge < -0.3 is 10.2 Å². The Balaban J connectivity index is 1.61. The van der Waals surface area contributed by atoms with E-state index in [2.05, 4.69) is 6.07 Å². The van der Waals surface area contributed by atoms with Gasteiger partial charge in [0.05, 0.1) is 12.0 Å². The number of nitriles is 1. The summed E-state index contributed by atoms with van der Waals surface area (Å²) in [5.74, 6) is -5.26. The van der Waals surface area contributed by atoms with Crippen molar-refractivity contribution in [3.8, 4) is 6.07 Å². The van der Waals surface area contributed by atoms with E-state index in [0.717, 1.165) is 27.3 Å². The Hall–Kier alpha value is -5.57. The lowest BCUT2D eigenvalue weighted by molar-refractivity contribution is -0.158. The van der Waals surface area contributed by atoms with Gasteiger partial charge in [-0.1, -0.05) is 145 Å². The molecule has 0 unspecified atom stereocenters. The molecule has 0 bridgehead atoms. The van der Waals surface area contributed by atoms with E-state index in [9.17, 15) is 20.3 Å². The number of ketones is 1.